The van der Waals surface area contributed by atoms with E-state index in [9.17, 15) is 18.0 Å². The maximum atomic E-state index is 12.6. The van der Waals surface area contributed by atoms with Gasteiger partial charge in [-0.1, -0.05) is 49.6 Å². The van der Waals surface area contributed by atoms with Crippen LogP contribution in [-0.2, 0) is 23.0 Å². The van der Waals surface area contributed by atoms with Crippen LogP contribution in [0.1, 0.15) is 53.6 Å². The van der Waals surface area contributed by atoms with Gasteiger partial charge in [0.05, 0.1) is 11.4 Å². The summed E-state index contributed by atoms with van der Waals surface area (Å²) in [7, 11) is -3.77. The van der Waals surface area contributed by atoms with E-state index >= 15 is 0 Å². The van der Waals surface area contributed by atoms with Gasteiger partial charge >= 0.3 is 6.03 Å². The number of carbonyl (C=O) groups is 2. The quantitative estimate of drug-likeness (QED) is 0.526. The number of imide groups is 1. The topological polar surface area (TPSA) is 108 Å². The van der Waals surface area contributed by atoms with Gasteiger partial charge in [-0.05, 0) is 60.8 Å². The Hall–Kier alpha value is -2.98. The van der Waals surface area contributed by atoms with E-state index in [-0.39, 0.29) is 28.5 Å². The standard InChI is InChI=1S/C24H28N4O4S2/c29-22-21-9-5-4-6-18(21)16-28(22)24(30)25-15-14-17-10-12-20(13-11-17)34(31,32)27-23(33)26-19-7-2-1-3-8-19/h4-6,9-13,19H,1-3,7-8,14-16H2,(H,25,30)(H2,26,27,33). The summed E-state index contributed by atoms with van der Waals surface area (Å²) >= 11 is 5.20. The molecule has 1 aliphatic heterocycles. The molecule has 0 saturated heterocycles. The van der Waals surface area contributed by atoms with Gasteiger partial charge in [0.2, 0.25) is 0 Å². The Morgan fingerprint density at radius 3 is 2.44 bits per heavy atom. The van der Waals surface area contributed by atoms with Crippen LogP contribution in [0.3, 0.4) is 0 Å². The summed E-state index contributed by atoms with van der Waals surface area (Å²) in [4.78, 5) is 26.1. The molecule has 2 aromatic rings. The summed E-state index contributed by atoms with van der Waals surface area (Å²) in [6, 6.07) is 13.4. The van der Waals surface area contributed by atoms with Crippen molar-refractivity contribution in [3.05, 3.63) is 65.2 Å². The van der Waals surface area contributed by atoms with Crippen molar-refractivity contribution in [1.29, 1.82) is 0 Å². The van der Waals surface area contributed by atoms with Crippen LogP contribution in [-0.4, -0.2) is 43.0 Å². The summed E-state index contributed by atoms with van der Waals surface area (Å²) in [6.07, 6.45) is 5.93. The molecule has 1 fully saturated rings. The molecule has 10 heteroatoms. The molecule has 0 atom stereocenters. The lowest BCUT2D eigenvalue weighted by molar-refractivity contribution is 0.0821. The Bertz CT molecular complexity index is 1180. The predicted molar refractivity (Wildman–Crippen MR) is 133 cm³/mol. The first-order valence-electron chi connectivity index (χ1n) is 11.4. The third kappa shape index (κ3) is 5.74. The SMILES string of the molecule is O=C(NCCc1ccc(S(=O)(=O)NC(=S)NC2CCCCC2)cc1)N1Cc2ccccc2C1=O. The molecule has 0 bridgehead atoms. The molecule has 0 aromatic heterocycles. The number of urea groups is 1. The molecule has 0 unspecified atom stereocenters. The number of fused-ring (bicyclic) bond motifs is 1. The number of nitrogens with one attached hydrogen (secondary N) is 3. The predicted octanol–water partition coefficient (Wildman–Crippen LogP) is 3.08. The van der Waals surface area contributed by atoms with Crippen molar-refractivity contribution in [1.82, 2.24) is 20.3 Å². The number of hydrogen-bond acceptors (Lipinski definition) is 5. The van der Waals surface area contributed by atoms with Gasteiger partial charge < -0.3 is 10.6 Å². The molecule has 2 aliphatic rings. The molecular weight excluding hydrogens is 472 g/mol. The van der Waals surface area contributed by atoms with E-state index in [1.54, 1.807) is 24.3 Å². The van der Waals surface area contributed by atoms with E-state index in [1.165, 1.54) is 23.5 Å². The number of benzene rings is 2. The maximum absolute atomic E-state index is 12.6. The molecular formula is C24H28N4O4S2. The molecule has 4 rings (SSSR count). The number of rotatable bonds is 6. The molecule has 1 aliphatic carbocycles. The number of amides is 3. The van der Waals surface area contributed by atoms with Crippen molar-refractivity contribution in [3.8, 4) is 0 Å². The zero-order chi connectivity index (χ0) is 24.1. The Morgan fingerprint density at radius 2 is 1.74 bits per heavy atom. The zero-order valence-electron chi connectivity index (χ0n) is 18.7. The Kier molecular flexibility index (Phi) is 7.47. The van der Waals surface area contributed by atoms with Crippen LogP contribution in [0.15, 0.2) is 53.4 Å². The molecule has 180 valence electrons. The first kappa shape index (κ1) is 24.2. The molecule has 1 saturated carbocycles. The second-order valence-corrected chi connectivity index (χ2v) is 10.7. The first-order valence-corrected chi connectivity index (χ1v) is 13.3. The number of carbonyl (C=O) groups excluding carboxylic acids is 2. The molecule has 34 heavy (non-hydrogen) atoms. The van der Waals surface area contributed by atoms with Gasteiger partial charge in [0.1, 0.15) is 0 Å². The van der Waals surface area contributed by atoms with Gasteiger partial charge in [-0.15, -0.1) is 0 Å². The monoisotopic (exact) mass is 500 g/mol. The van der Waals surface area contributed by atoms with Crippen molar-refractivity contribution in [3.63, 3.8) is 0 Å². The normalized spacial score (nSPS) is 16.1. The van der Waals surface area contributed by atoms with Crippen molar-refractivity contribution < 1.29 is 18.0 Å². The van der Waals surface area contributed by atoms with Crippen molar-refractivity contribution in [2.75, 3.05) is 6.54 Å². The summed E-state index contributed by atoms with van der Waals surface area (Å²) in [5.41, 5.74) is 2.25. The summed E-state index contributed by atoms with van der Waals surface area (Å²) in [5.74, 6) is -0.300. The number of thiocarbonyl (C=S) groups is 1. The highest BCUT2D eigenvalue weighted by atomic mass is 32.2. The van der Waals surface area contributed by atoms with Crippen molar-refractivity contribution >= 4 is 39.3 Å². The van der Waals surface area contributed by atoms with E-state index in [2.05, 4.69) is 15.4 Å². The molecule has 2 aromatic carbocycles. The van der Waals surface area contributed by atoms with Gasteiger partial charge in [0, 0.05) is 18.2 Å². The number of nitrogens with zero attached hydrogens (tertiary/aromatic N) is 1. The minimum Gasteiger partial charge on any atom is -0.359 e. The third-order valence-corrected chi connectivity index (χ3v) is 7.87. The smallest absolute Gasteiger partial charge is 0.324 e. The van der Waals surface area contributed by atoms with Crippen LogP contribution < -0.4 is 15.4 Å². The fraction of sp³-hybridized carbons (Fsp3) is 0.375. The Balaban J connectivity index is 1.25. The van der Waals surface area contributed by atoms with E-state index in [0.717, 1.165) is 36.8 Å². The zero-order valence-corrected chi connectivity index (χ0v) is 20.4. The molecule has 1 heterocycles. The number of hydrogen-bond donors (Lipinski definition) is 3. The van der Waals surface area contributed by atoms with Crippen LogP contribution in [0.25, 0.3) is 0 Å². The summed E-state index contributed by atoms with van der Waals surface area (Å²) in [5, 5.41) is 5.98. The molecule has 0 radical (unpaired) electrons. The van der Waals surface area contributed by atoms with Crippen LogP contribution in [0.5, 0.6) is 0 Å². The van der Waals surface area contributed by atoms with Gasteiger partial charge in [-0.25, -0.2) is 13.2 Å². The second-order valence-electron chi connectivity index (χ2n) is 8.59. The first-order chi connectivity index (χ1) is 16.3. The fourth-order valence-electron chi connectivity index (χ4n) is 4.31. The lowest BCUT2D eigenvalue weighted by atomic mass is 9.96. The Morgan fingerprint density at radius 1 is 1.03 bits per heavy atom. The lowest BCUT2D eigenvalue weighted by Gasteiger charge is -2.24. The van der Waals surface area contributed by atoms with Gasteiger partial charge in [0.25, 0.3) is 15.9 Å². The van der Waals surface area contributed by atoms with Gasteiger partial charge in [-0.2, -0.15) is 0 Å². The largest absolute Gasteiger partial charge is 0.359 e. The average molecular weight is 501 g/mol. The fourth-order valence-corrected chi connectivity index (χ4v) is 5.72. The number of sulfonamides is 1. The Labute approximate surface area is 205 Å². The average Bonchev–Trinajstić information content (AvgIpc) is 3.16. The minimum absolute atomic E-state index is 0.119. The van der Waals surface area contributed by atoms with Crippen molar-refractivity contribution in [2.45, 2.75) is 56.0 Å². The van der Waals surface area contributed by atoms with Crippen LogP contribution in [0.2, 0.25) is 0 Å². The van der Waals surface area contributed by atoms with E-state index in [4.69, 9.17) is 12.2 Å². The van der Waals surface area contributed by atoms with E-state index in [0.29, 0.717) is 18.5 Å². The molecule has 3 N–H and O–H groups in total. The highest BCUT2D eigenvalue weighted by Crippen LogP contribution is 2.22. The van der Waals surface area contributed by atoms with Gasteiger partial charge in [0.15, 0.2) is 5.11 Å². The molecule has 3 amide bonds. The molecule has 8 nitrogen and oxygen atoms in total. The van der Waals surface area contributed by atoms with Crippen LogP contribution >= 0.6 is 12.2 Å². The van der Waals surface area contributed by atoms with E-state index in [1.807, 2.05) is 12.1 Å². The lowest BCUT2D eigenvalue weighted by Crippen LogP contribution is -2.44. The van der Waals surface area contributed by atoms with Crippen LogP contribution in [0.4, 0.5) is 4.79 Å². The third-order valence-electron chi connectivity index (χ3n) is 6.16. The summed E-state index contributed by atoms with van der Waals surface area (Å²) < 4.78 is 27.7. The highest BCUT2D eigenvalue weighted by Gasteiger charge is 2.31. The highest BCUT2D eigenvalue weighted by molar-refractivity contribution is 7.91. The second kappa shape index (κ2) is 10.5. The summed E-state index contributed by atoms with van der Waals surface area (Å²) in [6.45, 7) is 0.580. The van der Waals surface area contributed by atoms with Crippen molar-refractivity contribution in [2.24, 2.45) is 0 Å². The van der Waals surface area contributed by atoms with Gasteiger partial charge in [-0.3, -0.25) is 14.4 Å². The van der Waals surface area contributed by atoms with Crippen LogP contribution in [0, 0.1) is 0 Å². The maximum Gasteiger partial charge on any atom is 0.324 e. The minimum atomic E-state index is -3.77. The van der Waals surface area contributed by atoms with E-state index < -0.39 is 16.1 Å². The molecule has 0 spiro atoms.